The predicted molar refractivity (Wildman–Crippen MR) is 88.2 cm³/mol. The lowest BCUT2D eigenvalue weighted by Crippen LogP contribution is -2.42. The van der Waals surface area contributed by atoms with Gasteiger partial charge in [0.25, 0.3) is 0 Å². The first-order chi connectivity index (χ1) is 12.4. The molecule has 0 aromatic carbocycles. The number of hydrogen-bond acceptors (Lipinski definition) is 9. The first kappa shape index (κ1) is 20.3. The van der Waals surface area contributed by atoms with Crippen LogP contribution >= 0.6 is 15.2 Å². The largest absolute Gasteiger partial charge is 0.390 e. The van der Waals surface area contributed by atoms with Crippen molar-refractivity contribution in [3.8, 4) is 0 Å². The fraction of sp³-hybridized carbons (Fsp3) is 0.545. The fourth-order valence-electron chi connectivity index (χ4n) is 3.00. The SMILES string of the molecule is Nc1ncnc2c1ncn2[C@H]1CC(O)[C@@H](C(O)C(P(=O)(O)O)P(=O)(O)O)O1. The highest BCUT2D eigenvalue weighted by Crippen LogP contribution is 2.62. The van der Waals surface area contributed by atoms with Crippen molar-refractivity contribution < 1.29 is 43.7 Å². The lowest BCUT2D eigenvalue weighted by Gasteiger charge is -2.29. The molecule has 2 aromatic rings. The van der Waals surface area contributed by atoms with Crippen LogP contribution in [0.4, 0.5) is 5.82 Å². The van der Waals surface area contributed by atoms with Crippen LogP contribution < -0.4 is 5.73 Å². The van der Waals surface area contributed by atoms with Crippen LogP contribution in [0.5, 0.6) is 0 Å². The number of rotatable bonds is 5. The van der Waals surface area contributed by atoms with Crippen molar-refractivity contribution in [2.24, 2.45) is 0 Å². The second kappa shape index (κ2) is 6.85. The standard InChI is InChI=1S/C11H17N5O9P2/c12-9-6-10(14-2-13-9)16(3-15-6)5-1-4(17)8(25-5)7(18)11(26(19,20)21)27(22,23)24/h2-5,7-8,11,17-18H,1H2,(H2,12,13,14)(H2,19,20,21)(H2,22,23,24)/t4?,5-,7?,8+/m1/s1. The summed E-state index contributed by atoms with van der Waals surface area (Å²) in [5.41, 5.74) is 6.18. The van der Waals surface area contributed by atoms with Crippen LogP contribution in [-0.2, 0) is 13.9 Å². The van der Waals surface area contributed by atoms with E-state index in [2.05, 4.69) is 15.0 Å². The normalized spacial score (nSPS) is 25.4. The summed E-state index contributed by atoms with van der Waals surface area (Å²) in [7, 11) is -10.8. The third kappa shape index (κ3) is 3.76. The highest BCUT2D eigenvalue weighted by Gasteiger charge is 2.54. The van der Waals surface area contributed by atoms with Crippen molar-refractivity contribution in [1.29, 1.82) is 0 Å². The third-order valence-electron chi connectivity index (χ3n) is 4.17. The molecule has 0 saturated carbocycles. The predicted octanol–water partition coefficient (Wildman–Crippen LogP) is -1.90. The molecule has 27 heavy (non-hydrogen) atoms. The van der Waals surface area contributed by atoms with E-state index in [1.807, 2.05) is 0 Å². The van der Waals surface area contributed by atoms with Gasteiger partial charge in [-0.3, -0.25) is 13.7 Å². The van der Waals surface area contributed by atoms with Gasteiger partial charge in [0.1, 0.15) is 30.3 Å². The summed E-state index contributed by atoms with van der Waals surface area (Å²) in [6.07, 6.45) is -4.16. The Morgan fingerprint density at radius 2 is 1.81 bits per heavy atom. The lowest BCUT2D eigenvalue weighted by atomic mass is 10.1. The molecule has 1 fully saturated rings. The van der Waals surface area contributed by atoms with Crippen molar-refractivity contribution in [2.45, 2.75) is 36.4 Å². The van der Waals surface area contributed by atoms with E-state index in [1.54, 1.807) is 0 Å². The summed E-state index contributed by atoms with van der Waals surface area (Å²) in [4.78, 5) is 48.7. The van der Waals surface area contributed by atoms with Crippen LogP contribution in [0.2, 0.25) is 0 Å². The number of anilines is 1. The maximum Gasteiger partial charge on any atom is 0.343 e. The molecule has 0 spiro atoms. The van der Waals surface area contributed by atoms with Gasteiger partial charge in [-0.25, -0.2) is 15.0 Å². The maximum atomic E-state index is 11.5. The summed E-state index contributed by atoms with van der Waals surface area (Å²) < 4.78 is 29.7. The van der Waals surface area contributed by atoms with E-state index in [9.17, 15) is 38.9 Å². The van der Waals surface area contributed by atoms with Crippen LogP contribution in [-0.4, -0.2) is 73.0 Å². The molecular weight excluding hydrogens is 408 g/mol. The number of aliphatic hydroxyl groups is 2. The van der Waals surface area contributed by atoms with E-state index in [-0.39, 0.29) is 23.4 Å². The quantitative estimate of drug-likeness (QED) is 0.260. The number of aliphatic hydroxyl groups excluding tert-OH is 2. The third-order valence-corrected chi connectivity index (χ3v) is 7.96. The van der Waals surface area contributed by atoms with Crippen LogP contribution in [0.1, 0.15) is 12.6 Å². The van der Waals surface area contributed by atoms with Crippen molar-refractivity contribution in [2.75, 3.05) is 5.73 Å². The van der Waals surface area contributed by atoms with Gasteiger partial charge in [-0.1, -0.05) is 0 Å². The number of nitrogen functional groups attached to an aromatic ring is 1. The van der Waals surface area contributed by atoms with Gasteiger partial charge in [0.15, 0.2) is 16.9 Å². The Balaban J connectivity index is 1.90. The molecule has 0 aliphatic carbocycles. The summed E-state index contributed by atoms with van der Waals surface area (Å²) in [6, 6.07) is 0. The van der Waals surface area contributed by atoms with E-state index in [4.69, 9.17) is 10.5 Å². The number of nitrogens with zero attached hydrogens (tertiary/aromatic N) is 4. The molecule has 3 heterocycles. The summed E-state index contributed by atoms with van der Waals surface area (Å²) in [5.74, 6) is 0.0944. The van der Waals surface area contributed by atoms with Gasteiger partial charge in [0, 0.05) is 6.42 Å². The molecule has 3 rings (SSSR count). The van der Waals surface area contributed by atoms with Gasteiger partial charge in [0.2, 0.25) is 0 Å². The molecule has 0 radical (unpaired) electrons. The Bertz CT molecular complexity index is 919. The Kier molecular flexibility index (Phi) is 5.14. The number of nitrogens with two attached hydrogens (primary N) is 1. The molecule has 14 nitrogen and oxygen atoms in total. The van der Waals surface area contributed by atoms with Gasteiger partial charge in [-0.05, 0) is 0 Å². The number of aromatic nitrogens is 4. The minimum atomic E-state index is -5.42. The molecule has 0 bridgehead atoms. The molecule has 1 saturated heterocycles. The molecular formula is C11H17N5O9P2. The Hall–Kier alpha value is -1.47. The zero-order chi connectivity index (χ0) is 20.1. The van der Waals surface area contributed by atoms with E-state index in [1.165, 1.54) is 17.2 Å². The average molecular weight is 425 g/mol. The molecule has 2 unspecified atom stereocenters. The Morgan fingerprint density at radius 3 is 2.41 bits per heavy atom. The molecule has 4 atom stereocenters. The molecule has 2 aromatic heterocycles. The summed E-state index contributed by atoms with van der Waals surface area (Å²) in [6.45, 7) is 0. The van der Waals surface area contributed by atoms with Crippen LogP contribution in [0.3, 0.4) is 0 Å². The van der Waals surface area contributed by atoms with Gasteiger partial charge in [0.05, 0.1) is 12.4 Å². The number of ether oxygens (including phenoxy) is 1. The maximum absolute atomic E-state index is 11.5. The van der Waals surface area contributed by atoms with E-state index < -0.39 is 45.1 Å². The first-order valence-electron chi connectivity index (χ1n) is 7.46. The van der Waals surface area contributed by atoms with Crippen LogP contribution in [0, 0.1) is 0 Å². The smallest absolute Gasteiger partial charge is 0.343 e. The average Bonchev–Trinajstić information content (AvgIpc) is 3.08. The molecule has 16 heteroatoms. The second-order valence-electron chi connectivity index (χ2n) is 6.02. The monoisotopic (exact) mass is 425 g/mol. The van der Waals surface area contributed by atoms with E-state index >= 15 is 0 Å². The minimum Gasteiger partial charge on any atom is -0.390 e. The Labute approximate surface area is 151 Å². The zero-order valence-electron chi connectivity index (χ0n) is 13.4. The van der Waals surface area contributed by atoms with Gasteiger partial charge in [-0.2, -0.15) is 0 Å². The van der Waals surface area contributed by atoms with Crippen molar-refractivity contribution in [3.05, 3.63) is 12.7 Å². The van der Waals surface area contributed by atoms with E-state index in [0.29, 0.717) is 0 Å². The van der Waals surface area contributed by atoms with Crippen LogP contribution in [0.25, 0.3) is 11.2 Å². The first-order valence-corrected chi connectivity index (χ1v) is 10.8. The zero-order valence-corrected chi connectivity index (χ0v) is 15.2. The number of fused-ring (bicyclic) bond motifs is 1. The highest BCUT2D eigenvalue weighted by molar-refractivity contribution is 7.71. The van der Waals surface area contributed by atoms with Crippen molar-refractivity contribution >= 4 is 32.2 Å². The minimum absolute atomic E-state index is 0.0944. The van der Waals surface area contributed by atoms with Crippen LogP contribution in [0.15, 0.2) is 12.7 Å². The molecule has 1 aliphatic heterocycles. The molecule has 0 amide bonds. The Morgan fingerprint density at radius 1 is 1.19 bits per heavy atom. The molecule has 1 aliphatic rings. The summed E-state index contributed by atoms with van der Waals surface area (Å²) >= 11 is 0. The molecule has 8 N–H and O–H groups in total. The molecule has 150 valence electrons. The number of hydrogen-bond donors (Lipinski definition) is 7. The van der Waals surface area contributed by atoms with Crippen molar-refractivity contribution in [3.63, 3.8) is 0 Å². The highest BCUT2D eigenvalue weighted by atomic mass is 31.2. The topological polar surface area (TPSA) is 234 Å². The van der Waals surface area contributed by atoms with Gasteiger partial charge < -0.3 is 40.3 Å². The number of imidazole rings is 1. The van der Waals surface area contributed by atoms with Crippen molar-refractivity contribution in [1.82, 2.24) is 19.5 Å². The van der Waals surface area contributed by atoms with Gasteiger partial charge >= 0.3 is 15.2 Å². The fourth-order valence-corrected chi connectivity index (χ4v) is 5.70. The van der Waals surface area contributed by atoms with E-state index in [0.717, 1.165) is 0 Å². The second-order valence-corrected chi connectivity index (χ2v) is 9.90. The summed E-state index contributed by atoms with van der Waals surface area (Å²) in [5, 5.41) is 17.6. The lowest BCUT2D eigenvalue weighted by molar-refractivity contribution is -0.0792. The van der Waals surface area contributed by atoms with Gasteiger partial charge in [-0.15, -0.1) is 0 Å².